The summed E-state index contributed by atoms with van der Waals surface area (Å²) in [7, 11) is 0. The van der Waals surface area contributed by atoms with Gasteiger partial charge in [0.1, 0.15) is 5.69 Å². The minimum absolute atomic E-state index is 0.210. The number of aromatic nitrogens is 4. The van der Waals surface area contributed by atoms with Crippen LogP contribution in [0.5, 0.6) is 0 Å². The van der Waals surface area contributed by atoms with E-state index in [9.17, 15) is 4.79 Å². The summed E-state index contributed by atoms with van der Waals surface area (Å²) in [6, 6.07) is 7.11. The highest BCUT2D eigenvalue weighted by molar-refractivity contribution is 5.70. The van der Waals surface area contributed by atoms with Gasteiger partial charge in [0.25, 0.3) is 5.56 Å². The van der Waals surface area contributed by atoms with Crippen molar-refractivity contribution in [1.29, 1.82) is 0 Å². The van der Waals surface area contributed by atoms with Gasteiger partial charge in [0.05, 0.1) is 11.9 Å². The molecule has 0 aliphatic heterocycles. The van der Waals surface area contributed by atoms with Gasteiger partial charge in [-0.3, -0.25) is 25.0 Å². The van der Waals surface area contributed by atoms with E-state index in [1.165, 1.54) is 0 Å². The third-order valence-corrected chi connectivity index (χ3v) is 2.61. The Morgan fingerprint density at radius 3 is 2.45 bits per heavy atom. The van der Waals surface area contributed by atoms with Crippen LogP contribution in [-0.2, 0) is 0 Å². The van der Waals surface area contributed by atoms with Crippen molar-refractivity contribution in [2.75, 3.05) is 0 Å². The maximum atomic E-state index is 11.8. The van der Waals surface area contributed by atoms with E-state index in [0.29, 0.717) is 11.4 Å². The molecule has 20 heavy (non-hydrogen) atoms. The fourth-order valence-electron chi connectivity index (χ4n) is 1.69. The van der Waals surface area contributed by atoms with E-state index in [2.05, 4.69) is 30.4 Å². The first-order valence-corrected chi connectivity index (χ1v) is 5.87. The Morgan fingerprint density at radius 1 is 0.950 bits per heavy atom. The van der Waals surface area contributed by atoms with Gasteiger partial charge in [-0.05, 0) is 24.3 Å². The summed E-state index contributed by atoms with van der Waals surface area (Å²) < 4.78 is 0. The van der Waals surface area contributed by atoms with E-state index in [1.807, 2.05) is 6.07 Å². The first-order chi connectivity index (χ1) is 9.84. The topological polar surface area (TPSA) is 99.2 Å². The Balaban J connectivity index is 2.01. The van der Waals surface area contributed by atoms with Crippen molar-refractivity contribution in [3.63, 3.8) is 0 Å². The first kappa shape index (κ1) is 12.0. The minimum Gasteiger partial charge on any atom is -0.295 e. The van der Waals surface area contributed by atoms with Gasteiger partial charge in [-0.15, -0.1) is 10.2 Å². The zero-order chi connectivity index (χ0) is 13.8. The molecule has 0 bridgehead atoms. The summed E-state index contributed by atoms with van der Waals surface area (Å²) in [5.74, 6) is 0. The molecule has 0 unspecified atom stereocenters. The maximum Gasteiger partial charge on any atom is 0.292 e. The molecular weight excluding hydrogens is 256 g/mol. The molecule has 0 amide bonds. The molecule has 2 N–H and O–H groups in total. The lowest BCUT2D eigenvalue weighted by atomic mass is 10.2. The van der Waals surface area contributed by atoms with Crippen LogP contribution in [0.3, 0.4) is 0 Å². The van der Waals surface area contributed by atoms with E-state index < -0.39 is 0 Å². The van der Waals surface area contributed by atoms with Gasteiger partial charge in [0, 0.05) is 24.2 Å². The van der Waals surface area contributed by atoms with Gasteiger partial charge in [0.2, 0.25) is 0 Å². The normalized spacial score (nSPS) is 11.0. The maximum absolute atomic E-state index is 11.8. The molecular formula is C13H10N6O. The largest absolute Gasteiger partial charge is 0.295 e. The number of H-pyrrole nitrogens is 2. The number of hydrogen-bond donors (Lipinski definition) is 2. The Hall–Kier alpha value is -3.09. The number of aromatic amines is 2. The zero-order valence-corrected chi connectivity index (χ0v) is 10.3. The smallest absolute Gasteiger partial charge is 0.292 e. The number of rotatable bonds is 3. The second-order valence-electron chi connectivity index (χ2n) is 3.96. The first-order valence-electron chi connectivity index (χ1n) is 5.87. The second-order valence-corrected chi connectivity index (χ2v) is 3.96. The number of nitrogens with zero attached hydrogens (tertiary/aromatic N) is 4. The molecule has 3 aromatic heterocycles. The molecule has 0 atom stereocenters. The van der Waals surface area contributed by atoms with Crippen LogP contribution >= 0.6 is 0 Å². The molecule has 3 aromatic rings. The average Bonchev–Trinajstić information content (AvgIpc) is 2.88. The molecule has 0 aromatic carbocycles. The number of hydrogen-bond acceptors (Lipinski definition) is 5. The molecule has 0 saturated carbocycles. The van der Waals surface area contributed by atoms with E-state index in [-0.39, 0.29) is 11.2 Å². The van der Waals surface area contributed by atoms with Crippen molar-refractivity contribution in [1.82, 2.24) is 20.2 Å². The van der Waals surface area contributed by atoms with Gasteiger partial charge in [-0.25, -0.2) is 0 Å². The highest BCUT2D eigenvalue weighted by Crippen LogP contribution is 2.25. The number of nitrogens with one attached hydrogen (secondary N) is 2. The lowest BCUT2D eigenvalue weighted by Gasteiger charge is -1.96. The van der Waals surface area contributed by atoms with Crippen LogP contribution < -0.4 is 5.56 Å². The van der Waals surface area contributed by atoms with Crippen LogP contribution in [0.25, 0.3) is 11.3 Å². The quantitative estimate of drug-likeness (QED) is 0.712. The van der Waals surface area contributed by atoms with Crippen molar-refractivity contribution in [3.05, 3.63) is 59.4 Å². The molecule has 3 heterocycles. The van der Waals surface area contributed by atoms with Crippen molar-refractivity contribution in [2.45, 2.75) is 0 Å². The average molecular weight is 266 g/mol. The second kappa shape index (κ2) is 5.27. The van der Waals surface area contributed by atoms with E-state index in [0.717, 1.165) is 5.56 Å². The molecule has 0 fully saturated rings. The molecule has 0 saturated heterocycles. The predicted octanol–water partition coefficient (Wildman–Crippen LogP) is 2.58. The Labute approximate surface area is 113 Å². The summed E-state index contributed by atoms with van der Waals surface area (Å²) in [5.41, 5.74) is 1.75. The Bertz CT molecular complexity index is 775. The van der Waals surface area contributed by atoms with Crippen LogP contribution in [0.1, 0.15) is 0 Å². The fourth-order valence-corrected chi connectivity index (χ4v) is 1.69. The number of pyridine rings is 2. The highest BCUT2D eigenvalue weighted by Gasteiger charge is 2.11. The van der Waals surface area contributed by atoms with Crippen molar-refractivity contribution >= 4 is 11.4 Å². The highest BCUT2D eigenvalue weighted by atomic mass is 16.1. The van der Waals surface area contributed by atoms with Gasteiger partial charge >= 0.3 is 0 Å². The van der Waals surface area contributed by atoms with Crippen LogP contribution in [0.2, 0.25) is 0 Å². The predicted molar refractivity (Wildman–Crippen MR) is 73.1 cm³/mol. The minimum atomic E-state index is -0.337. The molecule has 0 radical (unpaired) electrons. The molecule has 0 aliphatic rings. The van der Waals surface area contributed by atoms with Crippen LogP contribution in [-0.4, -0.2) is 20.2 Å². The molecule has 7 nitrogen and oxygen atoms in total. The zero-order valence-electron chi connectivity index (χ0n) is 10.3. The summed E-state index contributed by atoms with van der Waals surface area (Å²) >= 11 is 0. The van der Waals surface area contributed by atoms with Crippen molar-refractivity contribution in [3.8, 4) is 11.3 Å². The number of azo groups is 1. The lowest BCUT2D eigenvalue weighted by molar-refractivity contribution is 1.06. The van der Waals surface area contributed by atoms with Gasteiger partial charge in [0.15, 0.2) is 5.69 Å². The Kier molecular flexibility index (Phi) is 3.15. The summed E-state index contributed by atoms with van der Waals surface area (Å²) in [4.78, 5) is 19.7. The van der Waals surface area contributed by atoms with E-state index in [4.69, 9.17) is 0 Å². The third-order valence-electron chi connectivity index (χ3n) is 2.61. The fraction of sp³-hybridized carbons (Fsp3) is 0. The molecule has 0 aliphatic carbocycles. The van der Waals surface area contributed by atoms with Gasteiger partial charge in [-0.1, -0.05) is 0 Å². The van der Waals surface area contributed by atoms with E-state index in [1.54, 1.807) is 43.0 Å². The van der Waals surface area contributed by atoms with E-state index >= 15 is 0 Å². The van der Waals surface area contributed by atoms with Crippen LogP contribution in [0.4, 0.5) is 11.4 Å². The van der Waals surface area contributed by atoms with Crippen LogP contribution in [0, 0.1) is 0 Å². The van der Waals surface area contributed by atoms with Crippen molar-refractivity contribution < 1.29 is 0 Å². The van der Waals surface area contributed by atoms with Gasteiger partial charge < -0.3 is 0 Å². The monoisotopic (exact) mass is 266 g/mol. The molecule has 7 heteroatoms. The molecule has 98 valence electrons. The van der Waals surface area contributed by atoms with Gasteiger partial charge in [-0.2, -0.15) is 0 Å². The Morgan fingerprint density at radius 2 is 1.75 bits per heavy atom. The summed E-state index contributed by atoms with van der Waals surface area (Å²) in [5, 5.41) is 13.3. The lowest BCUT2D eigenvalue weighted by Crippen LogP contribution is -1.96. The summed E-state index contributed by atoms with van der Waals surface area (Å²) in [6.07, 6.45) is 6.50. The molecule has 3 rings (SSSR count). The summed E-state index contributed by atoms with van der Waals surface area (Å²) in [6.45, 7) is 0. The van der Waals surface area contributed by atoms with Crippen LogP contribution in [0.15, 0.2) is 64.1 Å². The standard InChI is InChI=1S/C13H10N6O/c20-13-12(18-16-10-4-2-6-15-8-10)11(17-19-13)9-3-1-5-14-7-9/h1-8H,(H2,17,19,20). The van der Waals surface area contributed by atoms with Crippen molar-refractivity contribution in [2.24, 2.45) is 10.2 Å². The third kappa shape index (κ3) is 2.37. The SMILES string of the molecule is O=c1[nH][nH]c(-c2cccnc2)c1N=Nc1cccnc1. The molecule has 0 spiro atoms.